The van der Waals surface area contributed by atoms with Gasteiger partial charge in [0.25, 0.3) is 0 Å². The van der Waals surface area contributed by atoms with Crippen molar-refractivity contribution in [2.45, 2.75) is 36.7 Å². The minimum atomic E-state index is -0.172. The van der Waals surface area contributed by atoms with Gasteiger partial charge in [-0.05, 0) is 46.9 Å². The highest BCUT2D eigenvalue weighted by Gasteiger charge is 2.33. The number of carbonyl (C=O) groups is 3. The highest BCUT2D eigenvalue weighted by Crippen LogP contribution is 2.56. The smallest absolute Gasteiger partial charge is 0.305 e. The number of nitrogens with one attached hydrogen (secondary N) is 1. The van der Waals surface area contributed by atoms with Gasteiger partial charge in [-0.1, -0.05) is 61.0 Å². The molecule has 40 heavy (non-hydrogen) atoms. The van der Waals surface area contributed by atoms with Crippen LogP contribution in [0.15, 0.2) is 60.7 Å². The maximum atomic E-state index is 12.6. The van der Waals surface area contributed by atoms with E-state index in [2.05, 4.69) is 22.2 Å². The molecule has 0 fully saturated rings. The minimum absolute atomic E-state index is 0.000829. The molecule has 1 heterocycles. The Balaban J connectivity index is 0.000000559. The second-order valence-corrected chi connectivity index (χ2v) is 10.7. The van der Waals surface area contributed by atoms with Crippen LogP contribution in [0.3, 0.4) is 0 Å². The van der Waals surface area contributed by atoms with Crippen LogP contribution in [0.5, 0.6) is 11.5 Å². The number of hydrogen-bond donors (Lipinski definition) is 1. The molecule has 0 spiro atoms. The summed E-state index contributed by atoms with van der Waals surface area (Å²) in [5.74, 6) is 0.997. The third-order valence-electron chi connectivity index (χ3n) is 6.35. The number of para-hydroxylation sites is 1. The summed E-state index contributed by atoms with van der Waals surface area (Å²) in [7, 11) is 4.64. The van der Waals surface area contributed by atoms with Gasteiger partial charge in [0.2, 0.25) is 5.91 Å². The van der Waals surface area contributed by atoms with Gasteiger partial charge >= 0.3 is 5.97 Å². The standard InChI is InChI=1S/C26H24ClNO4S.C5H10O2/c1-31-22-9-5-8-20(25(22)32-2)26-21-14-16(27)10-11-18(21)17-6-3-4-7-19(17)23(33-26)15-24(30)28-12-13-29;1-3-4-5(6)7-2/h3-11,13-14,23,26H,12,15H2,1-2H3,(H,28,30);3-4H2,1-2H3. The van der Waals surface area contributed by atoms with E-state index in [-0.39, 0.29) is 35.3 Å². The molecule has 9 heteroatoms. The molecule has 1 aliphatic heterocycles. The van der Waals surface area contributed by atoms with Crippen LogP contribution in [0.4, 0.5) is 0 Å². The zero-order valence-corrected chi connectivity index (χ0v) is 24.6. The van der Waals surface area contributed by atoms with Crippen molar-refractivity contribution in [3.05, 3.63) is 82.4 Å². The van der Waals surface area contributed by atoms with Crippen LogP contribution >= 0.6 is 23.4 Å². The van der Waals surface area contributed by atoms with Crippen molar-refractivity contribution in [2.24, 2.45) is 0 Å². The lowest BCUT2D eigenvalue weighted by molar-refractivity contribution is -0.140. The van der Waals surface area contributed by atoms with Gasteiger partial charge in [0, 0.05) is 28.7 Å². The number of aldehydes is 1. The molecule has 212 valence electrons. The second-order valence-electron chi connectivity index (χ2n) is 8.91. The van der Waals surface area contributed by atoms with E-state index in [4.69, 9.17) is 21.1 Å². The van der Waals surface area contributed by atoms with Crippen LogP contribution < -0.4 is 14.8 Å². The third kappa shape index (κ3) is 7.58. The van der Waals surface area contributed by atoms with E-state index in [0.717, 1.165) is 34.2 Å². The average Bonchev–Trinajstić information content (AvgIpc) is 3.10. The Kier molecular flexibility index (Phi) is 11.9. The number of fused-ring (bicyclic) bond motifs is 3. The Morgan fingerprint density at radius 2 is 1.68 bits per heavy atom. The molecule has 3 aromatic rings. The summed E-state index contributed by atoms with van der Waals surface area (Å²) in [6.45, 7) is 1.94. The fourth-order valence-corrected chi connectivity index (χ4v) is 6.33. The molecule has 1 N–H and O–H groups in total. The predicted octanol–water partition coefficient (Wildman–Crippen LogP) is 6.57. The fraction of sp³-hybridized carbons (Fsp3) is 0.323. The fourth-order valence-electron chi connectivity index (χ4n) is 4.55. The van der Waals surface area contributed by atoms with Crippen LogP contribution in [0, 0.1) is 0 Å². The summed E-state index contributed by atoms with van der Waals surface area (Å²) in [5, 5.41) is 2.99. The van der Waals surface area contributed by atoms with Gasteiger partial charge in [-0.3, -0.25) is 9.59 Å². The zero-order chi connectivity index (χ0) is 29.1. The summed E-state index contributed by atoms with van der Waals surface area (Å²) in [5.41, 5.74) is 5.18. The van der Waals surface area contributed by atoms with Crippen LogP contribution in [0.2, 0.25) is 5.02 Å². The first-order valence-corrected chi connectivity index (χ1v) is 14.2. The molecule has 3 aromatic carbocycles. The third-order valence-corrected chi connectivity index (χ3v) is 8.11. The maximum Gasteiger partial charge on any atom is 0.305 e. The molecular formula is C31H34ClNO6S. The van der Waals surface area contributed by atoms with E-state index in [1.165, 1.54) is 7.11 Å². The summed E-state index contributed by atoms with van der Waals surface area (Å²) in [6.07, 6.45) is 2.33. The van der Waals surface area contributed by atoms with Gasteiger partial charge in [-0.2, -0.15) is 0 Å². The monoisotopic (exact) mass is 583 g/mol. The molecule has 4 rings (SSSR count). The van der Waals surface area contributed by atoms with Crippen molar-refractivity contribution < 1.29 is 28.6 Å². The topological polar surface area (TPSA) is 90.9 Å². The van der Waals surface area contributed by atoms with Crippen molar-refractivity contribution >= 4 is 41.5 Å². The second kappa shape index (κ2) is 15.3. The Morgan fingerprint density at radius 3 is 2.33 bits per heavy atom. The minimum Gasteiger partial charge on any atom is -0.493 e. The molecular weight excluding hydrogens is 550 g/mol. The Hall–Kier alpha value is -3.49. The van der Waals surface area contributed by atoms with Crippen molar-refractivity contribution in [1.29, 1.82) is 0 Å². The lowest BCUT2D eigenvalue weighted by Gasteiger charge is -2.24. The first-order chi connectivity index (χ1) is 19.4. The van der Waals surface area contributed by atoms with Crippen molar-refractivity contribution in [2.75, 3.05) is 27.9 Å². The van der Waals surface area contributed by atoms with Crippen molar-refractivity contribution in [3.63, 3.8) is 0 Å². The number of halogens is 1. The van der Waals surface area contributed by atoms with E-state index in [0.29, 0.717) is 29.2 Å². The van der Waals surface area contributed by atoms with E-state index in [1.807, 2.05) is 55.5 Å². The summed E-state index contributed by atoms with van der Waals surface area (Å²) in [4.78, 5) is 33.6. The number of thioether (sulfide) groups is 1. The Morgan fingerprint density at radius 1 is 0.950 bits per heavy atom. The average molecular weight is 584 g/mol. The van der Waals surface area contributed by atoms with Gasteiger partial charge in [0.1, 0.15) is 6.29 Å². The summed E-state index contributed by atoms with van der Waals surface area (Å²) < 4.78 is 15.7. The van der Waals surface area contributed by atoms with Gasteiger partial charge in [0.05, 0.1) is 33.1 Å². The summed E-state index contributed by atoms with van der Waals surface area (Å²) >= 11 is 8.12. The van der Waals surface area contributed by atoms with Gasteiger partial charge in [-0.15, -0.1) is 11.8 Å². The van der Waals surface area contributed by atoms with Crippen LogP contribution in [0.25, 0.3) is 11.1 Å². The first-order valence-electron chi connectivity index (χ1n) is 12.9. The zero-order valence-electron chi connectivity index (χ0n) is 23.1. The number of rotatable bonds is 9. The SMILES string of the molecule is CCCC(=O)OC.COc1cccc(C2SC(CC(=O)NCC=O)c3ccccc3-c3ccc(Cl)cc32)c1OC. The molecule has 0 radical (unpaired) electrons. The predicted molar refractivity (Wildman–Crippen MR) is 159 cm³/mol. The van der Waals surface area contributed by atoms with E-state index >= 15 is 0 Å². The van der Waals surface area contributed by atoms with E-state index in [1.54, 1.807) is 26.0 Å². The number of benzene rings is 3. The largest absolute Gasteiger partial charge is 0.493 e. The van der Waals surface area contributed by atoms with Crippen molar-refractivity contribution in [1.82, 2.24) is 5.32 Å². The highest BCUT2D eigenvalue weighted by atomic mass is 35.5. The lowest BCUT2D eigenvalue weighted by Crippen LogP contribution is -2.26. The van der Waals surface area contributed by atoms with Crippen LogP contribution in [-0.4, -0.2) is 46.0 Å². The molecule has 0 saturated carbocycles. The molecule has 2 unspecified atom stereocenters. The van der Waals surface area contributed by atoms with Crippen molar-refractivity contribution in [3.8, 4) is 22.6 Å². The number of carbonyl (C=O) groups excluding carboxylic acids is 3. The highest BCUT2D eigenvalue weighted by molar-refractivity contribution is 8.00. The number of hydrogen-bond acceptors (Lipinski definition) is 7. The van der Waals surface area contributed by atoms with E-state index in [9.17, 15) is 14.4 Å². The number of methoxy groups -OCH3 is 3. The van der Waals surface area contributed by atoms with Crippen LogP contribution in [0.1, 0.15) is 53.4 Å². The normalized spacial score (nSPS) is 15.2. The first kappa shape index (κ1) is 31.0. The van der Waals surface area contributed by atoms with Gasteiger partial charge in [0.15, 0.2) is 11.5 Å². The molecule has 0 bridgehead atoms. The summed E-state index contributed by atoms with van der Waals surface area (Å²) in [6, 6.07) is 19.8. The number of esters is 1. The molecule has 1 amide bonds. The molecule has 7 nitrogen and oxygen atoms in total. The molecule has 1 aliphatic rings. The van der Waals surface area contributed by atoms with Gasteiger partial charge < -0.3 is 24.3 Å². The molecule has 0 saturated heterocycles. The van der Waals surface area contributed by atoms with E-state index < -0.39 is 0 Å². The maximum absolute atomic E-state index is 12.6. The van der Waals surface area contributed by atoms with Crippen LogP contribution in [-0.2, 0) is 19.1 Å². The Bertz CT molecular complexity index is 1330. The number of amides is 1. The molecule has 0 aromatic heterocycles. The Labute approximate surface area is 244 Å². The number of ether oxygens (including phenoxy) is 3. The molecule has 2 atom stereocenters. The lowest BCUT2D eigenvalue weighted by atomic mass is 9.90. The van der Waals surface area contributed by atoms with Gasteiger partial charge in [-0.25, -0.2) is 0 Å². The quantitative estimate of drug-likeness (QED) is 0.225. The molecule has 0 aliphatic carbocycles.